The lowest BCUT2D eigenvalue weighted by molar-refractivity contribution is 0.102. The molecule has 0 amide bonds. The van der Waals surface area contributed by atoms with Crippen molar-refractivity contribution >= 4 is 17.5 Å². The van der Waals surface area contributed by atoms with Crippen molar-refractivity contribution in [2.24, 2.45) is 7.05 Å². The van der Waals surface area contributed by atoms with E-state index in [4.69, 9.17) is 14.2 Å². The van der Waals surface area contributed by atoms with E-state index in [-0.39, 0.29) is 17.6 Å². The predicted octanol–water partition coefficient (Wildman–Crippen LogP) is 3.95. The van der Waals surface area contributed by atoms with Gasteiger partial charge in [-0.15, -0.1) is 10.2 Å². The van der Waals surface area contributed by atoms with Gasteiger partial charge in [-0.2, -0.15) is 0 Å². The van der Waals surface area contributed by atoms with Crippen molar-refractivity contribution in [2.75, 3.05) is 20.0 Å². The van der Waals surface area contributed by atoms with E-state index in [0.717, 1.165) is 5.75 Å². The largest absolute Gasteiger partial charge is 0.497 e. The van der Waals surface area contributed by atoms with Crippen LogP contribution in [0.5, 0.6) is 17.2 Å². The van der Waals surface area contributed by atoms with E-state index in [1.165, 1.54) is 11.8 Å². The third-order valence-corrected chi connectivity index (χ3v) is 5.37. The zero-order valence-corrected chi connectivity index (χ0v) is 17.6. The lowest BCUT2D eigenvalue weighted by Crippen LogP contribution is -2.11. The number of hydrogen-bond acceptors (Lipinski definition) is 7. The molecule has 7 nitrogen and oxygen atoms in total. The van der Waals surface area contributed by atoms with Crippen molar-refractivity contribution in [3.63, 3.8) is 0 Å². The summed E-state index contributed by atoms with van der Waals surface area (Å²) in [6.45, 7) is 1.90. The fourth-order valence-corrected chi connectivity index (χ4v) is 3.57. The molecule has 2 aromatic carbocycles. The molecule has 8 heteroatoms. The van der Waals surface area contributed by atoms with Gasteiger partial charge in [-0.1, -0.05) is 23.9 Å². The number of aromatic nitrogens is 3. The molecule has 0 saturated carbocycles. The van der Waals surface area contributed by atoms with Gasteiger partial charge < -0.3 is 18.8 Å². The lowest BCUT2D eigenvalue weighted by Gasteiger charge is -2.16. The molecule has 0 aliphatic heterocycles. The van der Waals surface area contributed by atoms with Gasteiger partial charge in [-0.05, 0) is 43.3 Å². The highest BCUT2D eigenvalue weighted by Gasteiger charge is 2.19. The molecule has 1 aromatic heterocycles. The Balaban J connectivity index is 1.64. The molecule has 1 heterocycles. The topological polar surface area (TPSA) is 75.5 Å². The molecule has 0 spiro atoms. The molecule has 152 valence electrons. The number of rotatable bonds is 9. The molecule has 3 aromatic rings. The van der Waals surface area contributed by atoms with Crippen LogP contribution in [0.25, 0.3) is 0 Å². The molecular weight excluding hydrogens is 390 g/mol. The van der Waals surface area contributed by atoms with Crippen LogP contribution in [0.2, 0.25) is 0 Å². The van der Waals surface area contributed by atoms with Crippen LogP contribution in [0.1, 0.15) is 29.2 Å². The maximum absolute atomic E-state index is 12.4. The Bertz CT molecular complexity index is 972. The number of nitrogens with zero attached hydrogens (tertiary/aromatic N) is 3. The van der Waals surface area contributed by atoms with Gasteiger partial charge in [0.25, 0.3) is 0 Å². The Labute approximate surface area is 174 Å². The number of ether oxygens (including phenoxy) is 3. The number of carbonyl (C=O) groups excluding carboxylic acids is 1. The van der Waals surface area contributed by atoms with Crippen molar-refractivity contribution in [1.82, 2.24) is 14.8 Å². The van der Waals surface area contributed by atoms with Gasteiger partial charge in [0, 0.05) is 12.6 Å². The van der Waals surface area contributed by atoms with Crippen molar-refractivity contribution in [3.05, 3.63) is 59.9 Å². The number of hydrogen-bond donors (Lipinski definition) is 0. The van der Waals surface area contributed by atoms with Crippen LogP contribution in [0.3, 0.4) is 0 Å². The first-order valence-corrected chi connectivity index (χ1v) is 10.0. The van der Waals surface area contributed by atoms with Gasteiger partial charge in [-0.3, -0.25) is 4.79 Å². The summed E-state index contributed by atoms with van der Waals surface area (Å²) in [5.41, 5.74) is 0.633. The van der Waals surface area contributed by atoms with Crippen LogP contribution >= 0.6 is 11.8 Å². The van der Waals surface area contributed by atoms with E-state index in [0.29, 0.717) is 28.0 Å². The minimum atomic E-state index is -0.338. The molecule has 0 saturated heterocycles. The summed E-state index contributed by atoms with van der Waals surface area (Å²) in [6.07, 6.45) is -0.338. The molecule has 1 atom stereocenters. The van der Waals surface area contributed by atoms with Crippen LogP contribution in [0, 0.1) is 0 Å². The molecule has 0 aliphatic rings. The molecule has 3 rings (SSSR count). The summed E-state index contributed by atoms with van der Waals surface area (Å²) in [5.74, 6) is 2.95. The van der Waals surface area contributed by atoms with Gasteiger partial charge in [0.2, 0.25) is 0 Å². The summed E-state index contributed by atoms with van der Waals surface area (Å²) >= 11 is 1.34. The minimum absolute atomic E-state index is 0.0144. The standard InChI is InChI=1S/C21H23N3O4S/c1-14(28-19-8-6-5-7-18(19)27-4)20-22-23-21(24(20)2)29-13-17(25)15-9-11-16(26-3)12-10-15/h5-12,14H,13H2,1-4H3. The first-order chi connectivity index (χ1) is 14.0. The quantitative estimate of drug-likeness (QED) is 0.388. The minimum Gasteiger partial charge on any atom is -0.497 e. The van der Waals surface area contributed by atoms with Crippen molar-refractivity contribution in [1.29, 1.82) is 0 Å². The van der Waals surface area contributed by atoms with E-state index >= 15 is 0 Å². The maximum Gasteiger partial charge on any atom is 0.191 e. The predicted molar refractivity (Wildman–Crippen MR) is 111 cm³/mol. The Morgan fingerprint density at radius 2 is 1.72 bits per heavy atom. The van der Waals surface area contributed by atoms with Gasteiger partial charge in [0.15, 0.2) is 34.4 Å². The van der Waals surface area contributed by atoms with Gasteiger partial charge in [-0.25, -0.2) is 0 Å². The molecule has 0 fully saturated rings. The number of methoxy groups -OCH3 is 2. The number of carbonyl (C=O) groups is 1. The van der Waals surface area contributed by atoms with E-state index in [2.05, 4.69) is 10.2 Å². The van der Waals surface area contributed by atoms with Crippen LogP contribution in [-0.4, -0.2) is 40.5 Å². The van der Waals surface area contributed by atoms with Crippen molar-refractivity contribution in [2.45, 2.75) is 18.2 Å². The zero-order chi connectivity index (χ0) is 20.8. The number of para-hydroxylation sites is 2. The van der Waals surface area contributed by atoms with Crippen LogP contribution in [0.4, 0.5) is 0 Å². The Morgan fingerprint density at radius 3 is 2.38 bits per heavy atom. The Morgan fingerprint density at radius 1 is 1.03 bits per heavy atom. The second-order valence-corrected chi connectivity index (χ2v) is 7.19. The third-order valence-electron chi connectivity index (χ3n) is 4.35. The second kappa shape index (κ2) is 9.47. The first-order valence-electron chi connectivity index (χ1n) is 9.02. The van der Waals surface area contributed by atoms with E-state index in [1.54, 1.807) is 38.5 Å². The molecule has 0 aliphatic carbocycles. The highest BCUT2D eigenvalue weighted by Crippen LogP contribution is 2.30. The molecule has 0 bridgehead atoms. The monoisotopic (exact) mass is 413 g/mol. The number of Topliss-reactive ketones (excluding diaryl/α,β-unsaturated/α-hetero) is 1. The third kappa shape index (κ3) is 4.89. The highest BCUT2D eigenvalue weighted by atomic mass is 32.2. The Kier molecular flexibility index (Phi) is 6.77. The lowest BCUT2D eigenvalue weighted by atomic mass is 10.1. The summed E-state index contributed by atoms with van der Waals surface area (Å²) in [7, 11) is 5.05. The molecule has 0 radical (unpaired) electrons. The van der Waals surface area contributed by atoms with Crippen molar-refractivity contribution in [3.8, 4) is 17.2 Å². The summed E-state index contributed by atoms with van der Waals surface area (Å²) < 4.78 is 18.3. The number of ketones is 1. The highest BCUT2D eigenvalue weighted by molar-refractivity contribution is 7.99. The van der Waals surface area contributed by atoms with Gasteiger partial charge in [0.1, 0.15) is 5.75 Å². The van der Waals surface area contributed by atoms with Gasteiger partial charge >= 0.3 is 0 Å². The van der Waals surface area contributed by atoms with Crippen LogP contribution < -0.4 is 14.2 Å². The maximum atomic E-state index is 12.4. The van der Waals surface area contributed by atoms with E-state index in [9.17, 15) is 4.79 Å². The molecule has 1 unspecified atom stereocenters. The fraction of sp³-hybridized carbons (Fsp3) is 0.286. The average Bonchev–Trinajstić information content (AvgIpc) is 3.12. The van der Waals surface area contributed by atoms with Crippen LogP contribution in [0.15, 0.2) is 53.7 Å². The van der Waals surface area contributed by atoms with Gasteiger partial charge in [0.05, 0.1) is 20.0 Å². The average molecular weight is 413 g/mol. The molecular formula is C21H23N3O4S. The zero-order valence-electron chi connectivity index (χ0n) is 16.8. The van der Waals surface area contributed by atoms with E-state index in [1.807, 2.05) is 42.8 Å². The smallest absolute Gasteiger partial charge is 0.191 e. The second-order valence-electron chi connectivity index (χ2n) is 6.25. The number of thioether (sulfide) groups is 1. The first kappa shape index (κ1) is 20.7. The molecule has 0 N–H and O–H groups in total. The van der Waals surface area contributed by atoms with E-state index < -0.39 is 0 Å². The normalized spacial score (nSPS) is 11.7. The molecule has 29 heavy (non-hydrogen) atoms. The summed E-state index contributed by atoms with van der Waals surface area (Å²) in [6, 6.07) is 14.5. The Hall–Kier alpha value is -3.00. The van der Waals surface area contributed by atoms with Crippen molar-refractivity contribution < 1.29 is 19.0 Å². The summed E-state index contributed by atoms with van der Waals surface area (Å²) in [5, 5.41) is 9.10. The summed E-state index contributed by atoms with van der Waals surface area (Å²) in [4.78, 5) is 12.4. The number of benzene rings is 2. The SMILES string of the molecule is COc1ccc(C(=O)CSc2nnc(C(C)Oc3ccccc3OC)n2C)cc1. The van der Waals surface area contributed by atoms with Crippen LogP contribution in [-0.2, 0) is 7.05 Å². The fourth-order valence-electron chi connectivity index (χ4n) is 2.76.